The van der Waals surface area contributed by atoms with Gasteiger partial charge in [-0.3, -0.25) is 4.90 Å². The van der Waals surface area contributed by atoms with Crippen LogP contribution in [0, 0.1) is 6.92 Å². The maximum absolute atomic E-state index is 11.7. The molecule has 2 rings (SSSR count). The van der Waals surface area contributed by atoms with Gasteiger partial charge in [-0.25, -0.2) is 4.79 Å². The number of rotatable bonds is 8. The first kappa shape index (κ1) is 17.6. The molecule has 1 aliphatic heterocycles. The van der Waals surface area contributed by atoms with Crippen molar-refractivity contribution in [3.63, 3.8) is 0 Å². The fourth-order valence-electron chi connectivity index (χ4n) is 2.50. The molecule has 0 aromatic heterocycles. The lowest BCUT2D eigenvalue weighted by Gasteiger charge is -2.27. The summed E-state index contributed by atoms with van der Waals surface area (Å²) < 4.78 is 5.69. The number of carbonyl (C=O) groups excluding carboxylic acids is 1. The van der Waals surface area contributed by atoms with Crippen molar-refractivity contribution in [1.29, 1.82) is 0 Å². The SMILES string of the molecule is Cc1ccccc1OCCCNC(=O)NCCN1CCNCC1. The van der Waals surface area contributed by atoms with Gasteiger partial charge in [-0.2, -0.15) is 0 Å². The number of nitrogens with one attached hydrogen (secondary N) is 3. The van der Waals surface area contributed by atoms with Crippen LogP contribution in [0.4, 0.5) is 4.79 Å². The zero-order valence-electron chi connectivity index (χ0n) is 13.9. The van der Waals surface area contributed by atoms with Gasteiger partial charge in [0, 0.05) is 45.8 Å². The standard InChI is InChI=1S/C17H28N4O2/c1-15-5-2-3-6-16(15)23-14-4-7-19-17(22)20-10-13-21-11-8-18-9-12-21/h2-3,5-6,18H,4,7-14H2,1H3,(H2,19,20,22). The van der Waals surface area contributed by atoms with Crippen LogP contribution in [0.2, 0.25) is 0 Å². The fraction of sp³-hybridized carbons (Fsp3) is 0.588. The molecule has 3 N–H and O–H groups in total. The minimum absolute atomic E-state index is 0.101. The third-order valence-electron chi connectivity index (χ3n) is 3.88. The van der Waals surface area contributed by atoms with E-state index in [0.717, 1.165) is 50.5 Å². The molecule has 0 spiro atoms. The molecule has 1 aromatic carbocycles. The number of hydrogen-bond acceptors (Lipinski definition) is 4. The van der Waals surface area contributed by atoms with Crippen LogP contribution >= 0.6 is 0 Å². The lowest BCUT2D eigenvalue weighted by atomic mass is 10.2. The van der Waals surface area contributed by atoms with E-state index in [0.29, 0.717) is 19.7 Å². The Bertz CT molecular complexity index is 475. The summed E-state index contributed by atoms with van der Waals surface area (Å²) in [7, 11) is 0. The molecule has 0 aliphatic carbocycles. The van der Waals surface area contributed by atoms with Gasteiger partial charge in [-0.1, -0.05) is 18.2 Å². The smallest absolute Gasteiger partial charge is 0.314 e. The van der Waals surface area contributed by atoms with E-state index in [2.05, 4.69) is 20.9 Å². The molecule has 1 heterocycles. The number of aryl methyl sites for hydroxylation is 1. The molecular formula is C17H28N4O2. The zero-order valence-corrected chi connectivity index (χ0v) is 13.9. The van der Waals surface area contributed by atoms with Crippen LogP contribution in [0.1, 0.15) is 12.0 Å². The average molecular weight is 320 g/mol. The summed E-state index contributed by atoms with van der Waals surface area (Å²) in [4.78, 5) is 14.0. The van der Waals surface area contributed by atoms with Gasteiger partial charge < -0.3 is 20.7 Å². The van der Waals surface area contributed by atoms with Crippen molar-refractivity contribution in [2.45, 2.75) is 13.3 Å². The average Bonchev–Trinajstić information content (AvgIpc) is 2.57. The Morgan fingerprint density at radius 1 is 1.22 bits per heavy atom. The topological polar surface area (TPSA) is 65.6 Å². The summed E-state index contributed by atoms with van der Waals surface area (Å²) in [5.74, 6) is 0.910. The van der Waals surface area contributed by atoms with Crippen LogP contribution in [-0.2, 0) is 0 Å². The molecular weight excluding hydrogens is 292 g/mol. The van der Waals surface area contributed by atoms with Crippen molar-refractivity contribution in [3.05, 3.63) is 29.8 Å². The highest BCUT2D eigenvalue weighted by Gasteiger charge is 2.09. The Morgan fingerprint density at radius 3 is 2.74 bits per heavy atom. The summed E-state index contributed by atoms with van der Waals surface area (Å²) in [6, 6.07) is 7.85. The monoisotopic (exact) mass is 320 g/mol. The minimum atomic E-state index is -0.101. The van der Waals surface area contributed by atoms with E-state index in [1.54, 1.807) is 0 Å². The largest absolute Gasteiger partial charge is 0.493 e. The molecule has 2 amide bonds. The van der Waals surface area contributed by atoms with Crippen molar-refractivity contribution < 1.29 is 9.53 Å². The molecule has 1 aliphatic rings. The van der Waals surface area contributed by atoms with Crippen molar-refractivity contribution in [2.24, 2.45) is 0 Å². The molecule has 23 heavy (non-hydrogen) atoms. The van der Waals surface area contributed by atoms with Crippen LogP contribution in [0.5, 0.6) is 5.75 Å². The second kappa shape index (κ2) is 10.1. The van der Waals surface area contributed by atoms with E-state index < -0.39 is 0 Å². The maximum atomic E-state index is 11.7. The Morgan fingerprint density at radius 2 is 1.96 bits per heavy atom. The number of benzene rings is 1. The molecule has 1 fully saturated rings. The van der Waals surface area contributed by atoms with Gasteiger partial charge in [0.15, 0.2) is 0 Å². The highest BCUT2D eigenvalue weighted by atomic mass is 16.5. The molecule has 0 unspecified atom stereocenters. The van der Waals surface area contributed by atoms with Crippen LogP contribution in [0.25, 0.3) is 0 Å². The third-order valence-corrected chi connectivity index (χ3v) is 3.88. The number of carbonyl (C=O) groups is 1. The lowest BCUT2D eigenvalue weighted by molar-refractivity contribution is 0.226. The summed E-state index contributed by atoms with van der Waals surface area (Å²) in [6.07, 6.45) is 0.791. The normalized spacial score (nSPS) is 15.2. The quantitative estimate of drug-likeness (QED) is 0.625. The first-order valence-electron chi connectivity index (χ1n) is 8.39. The second-order valence-corrected chi connectivity index (χ2v) is 5.74. The Balaban J connectivity index is 1.47. The highest BCUT2D eigenvalue weighted by molar-refractivity contribution is 5.73. The maximum Gasteiger partial charge on any atom is 0.314 e. The number of nitrogens with zero attached hydrogens (tertiary/aromatic N) is 1. The van der Waals surface area contributed by atoms with Crippen molar-refractivity contribution >= 4 is 6.03 Å². The molecule has 0 saturated carbocycles. The van der Waals surface area contributed by atoms with Gasteiger partial charge in [-0.15, -0.1) is 0 Å². The van der Waals surface area contributed by atoms with E-state index in [1.165, 1.54) is 0 Å². The minimum Gasteiger partial charge on any atom is -0.493 e. The van der Waals surface area contributed by atoms with Crippen LogP contribution in [-0.4, -0.2) is 63.4 Å². The summed E-state index contributed by atoms with van der Waals surface area (Å²) in [5.41, 5.74) is 1.13. The predicted octanol–water partition coefficient (Wildman–Crippen LogP) is 0.968. The Hall–Kier alpha value is -1.79. The second-order valence-electron chi connectivity index (χ2n) is 5.74. The van der Waals surface area contributed by atoms with E-state index >= 15 is 0 Å². The zero-order chi connectivity index (χ0) is 16.3. The van der Waals surface area contributed by atoms with E-state index in [1.807, 2.05) is 31.2 Å². The molecule has 1 saturated heterocycles. The molecule has 0 bridgehead atoms. The van der Waals surface area contributed by atoms with Gasteiger partial charge in [0.2, 0.25) is 0 Å². The molecule has 128 valence electrons. The van der Waals surface area contributed by atoms with Gasteiger partial charge in [0.25, 0.3) is 0 Å². The van der Waals surface area contributed by atoms with Gasteiger partial charge in [0.1, 0.15) is 5.75 Å². The van der Waals surface area contributed by atoms with Crippen molar-refractivity contribution in [3.8, 4) is 5.75 Å². The van der Waals surface area contributed by atoms with Gasteiger partial charge in [-0.05, 0) is 25.0 Å². The van der Waals surface area contributed by atoms with Crippen molar-refractivity contribution in [1.82, 2.24) is 20.9 Å². The van der Waals surface area contributed by atoms with E-state index in [4.69, 9.17) is 4.74 Å². The number of urea groups is 1. The number of ether oxygens (including phenoxy) is 1. The van der Waals surface area contributed by atoms with Crippen molar-refractivity contribution in [2.75, 3.05) is 52.4 Å². The third kappa shape index (κ3) is 6.88. The lowest BCUT2D eigenvalue weighted by Crippen LogP contribution is -2.47. The first-order chi connectivity index (χ1) is 11.3. The molecule has 6 heteroatoms. The molecule has 6 nitrogen and oxygen atoms in total. The summed E-state index contributed by atoms with van der Waals surface area (Å²) in [5, 5.41) is 9.07. The van der Waals surface area contributed by atoms with Gasteiger partial charge >= 0.3 is 6.03 Å². The van der Waals surface area contributed by atoms with Crippen LogP contribution in [0.3, 0.4) is 0 Å². The number of piperazine rings is 1. The molecule has 0 radical (unpaired) electrons. The number of amides is 2. The van der Waals surface area contributed by atoms with Crippen LogP contribution in [0.15, 0.2) is 24.3 Å². The Labute approximate surface area is 138 Å². The highest BCUT2D eigenvalue weighted by Crippen LogP contribution is 2.15. The molecule has 1 aromatic rings. The predicted molar refractivity (Wildman–Crippen MR) is 92.0 cm³/mol. The van der Waals surface area contributed by atoms with E-state index in [-0.39, 0.29) is 6.03 Å². The first-order valence-corrected chi connectivity index (χ1v) is 8.39. The Kier molecular flexibility index (Phi) is 7.69. The summed E-state index contributed by atoms with van der Waals surface area (Å²) in [6.45, 7) is 9.02. The molecule has 0 atom stereocenters. The van der Waals surface area contributed by atoms with E-state index in [9.17, 15) is 4.79 Å². The number of para-hydroxylation sites is 1. The number of hydrogen-bond donors (Lipinski definition) is 3. The van der Waals surface area contributed by atoms with Crippen LogP contribution < -0.4 is 20.7 Å². The summed E-state index contributed by atoms with van der Waals surface area (Å²) >= 11 is 0. The fourth-order valence-corrected chi connectivity index (χ4v) is 2.50. The van der Waals surface area contributed by atoms with Gasteiger partial charge in [0.05, 0.1) is 6.61 Å².